The molecule has 2 aromatic rings. The molecule has 0 saturated carbocycles. The molecule has 2 heteroatoms. The van der Waals surface area contributed by atoms with E-state index >= 15 is 0 Å². The van der Waals surface area contributed by atoms with Crippen molar-refractivity contribution in [1.82, 2.24) is 0 Å². The van der Waals surface area contributed by atoms with Crippen LogP contribution in [0, 0.1) is 0 Å². The number of hydrogen-bond acceptors (Lipinski definition) is 0. The second-order valence-corrected chi connectivity index (χ2v) is 9.38. The van der Waals surface area contributed by atoms with E-state index in [1.807, 2.05) is 0 Å². The van der Waals surface area contributed by atoms with Gasteiger partial charge in [0.25, 0.3) is 0 Å². The van der Waals surface area contributed by atoms with Crippen LogP contribution in [0.25, 0.3) is 16.9 Å². The van der Waals surface area contributed by atoms with E-state index < -0.39 is 0 Å². The highest BCUT2D eigenvalue weighted by molar-refractivity contribution is 5.82. The molecular weight excluding hydrogens is 400 g/mol. The molecule has 0 fully saturated rings. The zero-order chi connectivity index (χ0) is 23.6. The fourth-order valence-corrected chi connectivity index (χ4v) is 4.84. The molecule has 0 amide bonds. The Kier molecular flexibility index (Phi) is 9.66. The lowest BCUT2D eigenvalue weighted by Gasteiger charge is -2.11. The van der Waals surface area contributed by atoms with Crippen molar-refractivity contribution in [2.45, 2.75) is 98.3 Å². The predicted molar refractivity (Wildman–Crippen MR) is 142 cm³/mol. The van der Waals surface area contributed by atoms with Gasteiger partial charge in [-0.3, -0.25) is 0 Å². The summed E-state index contributed by atoms with van der Waals surface area (Å²) in [7, 11) is 0. The molecule has 0 unspecified atom stereocenters. The van der Waals surface area contributed by atoms with Crippen LogP contribution in [0.15, 0.2) is 59.7 Å². The van der Waals surface area contributed by atoms with Crippen molar-refractivity contribution in [3.8, 4) is 0 Å². The third kappa shape index (κ3) is 6.10. The molecule has 3 rings (SSSR count). The lowest BCUT2D eigenvalue weighted by molar-refractivity contribution is -0.345. The summed E-state index contributed by atoms with van der Waals surface area (Å²) in [6.07, 6.45) is 12.5. The predicted octanol–water partition coefficient (Wildman–Crippen LogP) is 9.53. The average Bonchev–Trinajstić information content (AvgIpc) is 3.12. The van der Waals surface area contributed by atoms with E-state index in [1.54, 1.807) is 0 Å². The average molecular weight is 443 g/mol. The Bertz CT molecular complexity index is 992. The Morgan fingerprint density at radius 1 is 0.606 bits per heavy atom. The number of aryl methyl sites for hydroxylation is 2. The zero-order valence-corrected chi connectivity index (χ0v) is 21.3. The molecule has 0 N–H and O–H groups in total. The molecular formula is C31H42N2. The minimum atomic E-state index is 0.994. The highest BCUT2D eigenvalue weighted by Gasteiger charge is 2.35. The molecule has 2 nitrogen and oxygen atoms in total. The first-order valence-corrected chi connectivity index (χ1v) is 13.3. The summed E-state index contributed by atoms with van der Waals surface area (Å²) in [5, 5.41) is 0. The van der Waals surface area contributed by atoms with Crippen LogP contribution < -0.4 is 0 Å². The fraction of sp³-hybridized carbons (Fsp3) is 0.484. The minimum absolute atomic E-state index is 0.994. The molecule has 0 atom stereocenters. The Hall–Kier alpha value is -2.48. The van der Waals surface area contributed by atoms with Gasteiger partial charge in [-0.25, -0.2) is 4.70 Å². The number of unbranched alkanes of at least 4 members (excludes halogenated alkanes) is 4. The van der Waals surface area contributed by atoms with Crippen molar-refractivity contribution in [3.05, 3.63) is 87.5 Å². The summed E-state index contributed by atoms with van der Waals surface area (Å²) in [6, 6.07) is 17.6. The lowest BCUT2D eigenvalue weighted by atomic mass is 9.91. The highest BCUT2D eigenvalue weighted by atomic mass is 15.2. The maximum atomic E-state index is 11.6. The standard InChI is InChI=1S/C31H42N2/c1-5-9-12-18-29-28(17-11-7-3)30(26-21-19-25(20-22-26)14-10-6-2)33(32)31(29)27-16-13-15-24(8-4)23-27/h13,15-16,19-23H,5-12,14,17-18H2,1-4H3. The van der Waals surface area contributed by atoms with Crippen LogP contribution in [0.4, 0.5) is 0 Å². The zero-order valence-electron chi connectivity index (χ0n) is 21.3. The summed E-state index contributed by atoms with van der Waals surface area (Å²) in [6.45, 7) is 8.94. The van der Waals surface area contributed by atoms with E-state index in [0.29, 0.717) is 0 Å². The van der Waals surface area contributed by atoms with E-state index in [9.17, 15) is 5.53 Å². The molecule has 1 aliphatic rings. The highest BCUT2D eigenvalue weighted by Crippen LogP contribution is 2.44. The topological polar surface area (TPSA) is 25.3 Å². The molecule has 176 valence electrons. The van der Waals surface area contributed by atoms with Crippen LogP contribution >= 0.6 is 0 Å². The monoisotopic (exact) mass is 442 g/mol. The van der Waals surface area contributed by atoms with Gasteiger partial charge in [-0.05, 0) is 80.3 Å². The Labute approximate surface area is 201 Å². The van der Waals surface area contributed by atoms with Crippen LogP contribution in [0.1, 0.15) is 108 Å². The van der Waals surface area contributed by atoms with Crippen LogP contribution in [0.5, 0.6) is 0 Å². The van der Waals surface area contributed by atoms with Gasteiger partial charge in [0.2, 0.25) is 11.4 Å². The minimum Gasteiger partial charge on any atom is -0.493 e. The van der Waals surface area contributed by atoms with Crippen LogP contribution in [0.3, 0.4) is 0 Å². The number of nitrogens with zero attached hydrogens (tertiary/aromatic N) is 2. The van der Waals surface area contributed by atoms with Crippen molar-refractivity contribution in [3.63, 3.8) is 0 Å². The van der Waals surface area contributed by atoms with Gasteiger partial charge < -0.3 is 5.53 Å². The van der Waals surface area contributed by atoms with Gasteiger partial charge in [-0.1, -0.05) is 77.6 Å². The van der Waals surface area contributed by atoms with Gasteiger partial charge in [0.1, 0.15) is 0 Å². The molecule has 0 radical (unpaired) electrons. The lowest BCUT2D eigenvalue weighted by Crippen LogP contribution is -2.03. The third-order valence-electron chi connectivity index (χ3n) is 6.83. The molecule has 1 heterocycles. The van der Waals surface area contributed by atoms with Crippen LogP contribution in [-0.2, 0) is 12.8 Å². The molecule has 0 aromatic heterocycles. The van der Waals surface area contributed by atoms with Gasteiger partial charge >= 0.3 is 0 Å². The second kappa shape index (κ2) is 12.7. The molecule has 2 aromatic carbocycles. The maximum Gasteiger partial charge on any atom is 0.211 e. The number of benzene rings is 2. The molecule has 0 spiro atoms. The van der Waals surface area contributed by atoms with E-state index in [1.165, 1.54) is 52.7 Å². The van der Waals surface area contributed by atoms with Crippen molar-refractivity contribution < 1.29 is 4.70 Å². The quantitative estimate of drug-likeness (QED) is 0.218. The largest absolute Gasteiger partial charge is 0.493 e. The first kappa shape index (κ1) is 25.1. The van der Waals surface area contributed by atoms with E-state index in [4.69, 9.17) is 0 Å². The van der Waals surface area contributed by atoms with Crippen molar-refractivity contribution in [2.75, 3.05) is 0 Å². The number of hydrogen-bond donors (Lipinski definition) is 0. The summed E-state index contributed by atoms with van der Waals surface area (Å²) >= 11 is 0. The van der Waals surface area contributed by atoms with Gasteiger partial charge in [0.05, 0.1) is 0 Å². The summed E-state index contributed by atoms with van der Waals surface area (Å²) in [5.41, 5.74) is 21.3. The smallest absolute Gasteiger partial charge is 0.211 e. The summed E-state index contributed by atoms with van der Waals surface area (Å²) < 4.78 is 1.52. The second-order valence-electron chi connectivity index (χ2n) is 9.38. The Morgan fingerprint density at radius 3 is 1.85 bits per heavy atom. The fourth-order valence-electron chi connectivity index (χ4n) is 4.84. The first-order valence-electron chi connectivity index (χ1n) is 13.3. The molecule has 1 aliphatic heterocycles. The first-order chi connectivity index (χ1) is 16.1. The van der Waals surface area contributed by atoms with E-state index in [-0.39, 0.29) is 0 Å². The number of allylic oxidation sites excluding steroid dienone is 2. The van der Waals surface area contributed by atoms with Crippen molar-refractivity contribution in [2.24, 2.45) is 0 Å². The Balaban J connectivity index is 2.08. The van der Waals surface area contributed by atoms with Crippen LogP contribution in [0.2, 0.25) is 0 Å². The summed E-state index contributed by atoms with van der Waals surface area (Å²) in [4.78, 5) is 0. The third-order valence-corrected chi connectivity index (χ3v) is 6.83. The van der Waals surface area contributed by atoms with Gasteiger partial charge in [0, 0.05) is 22.3 Å². The van der Waals surface area contributed by atoms with Gasteiger partial charge in [-0.2, -0.15) is 0 Å². The van der Waals surface area contributed by atoms with Gasteiger partial charge in [0.15, 0.2) is 0 Å². The summed E-state index contributed by atoms with van der Waals surface area (Å²) in [5.74, 6) is 0. The van der Waals surface area contributed by atoms with E-state index in [0.717, 1.165) is 67.5 Å². The molecule has 0 aliphatic carbocycles. The Morgan fingerprint density at radius 2 is 1.21 bits per heavy atom. The molecule has 0 bridgehead atoms. The number of rotatable bonds is 13. The SMILES string of the molecule is CCCCCC1=C(c2cccc(CC)c2)[N+](=[N-])C(c2ccc(CCCC)cc2)=C1CCCC. The van der Waals surface area contributed by atoms with Crippen molar-refractivity contribution >= 4 is 11.4 Å². The molecule has 33 heavy (non-hydrogen) atoms. The van der Waals surface area contributed by atoms with E-state index in [2.05, 4.69) is 76.2 Å². The molecule has 0 saturated heterocycles. The van der Waals surface area contributed by atoms with Crippen molar-refractivity contribution in [1.29, 1.82) is 0 Å². The maximum absolute atomic E-state index is 11.6. The normalized spacial score (nSPS) is 14.0. The van der Waals surface area contributed by atoms with Crippen LogP contribution in [-0.4, -0.2) is 4.70 Å². The van der Waals surface area contributed by atoms with Gasteiger partial charge in [-0.15, -0.1) is 0 Å².